The molecule has 168 valence electrons. The van der Waals surface area contributed by atoms with E-state index in [0.29, 0.717) is 42.7 Å². The Labute approximate surface area is 210 Å². The van der Waals surface area contributed by atoms with E-state index in [1.807, 2.05) is 12.1 Å². The summed E-state index contributed by atoms with van der Waals surface area (Å²) in [7, 11) is 1.50. The van der Waals surface area contributed by atoms with Crippen LogP contribution in [0.4, 0.5) is 0 Å². The van der Waals surface area contributed by atoms with Crippen LogP contribution in [0, 0.1) is 0 Å². The van der Waals surface area contributed by atoms with Gasteiger partial charge in [-0.1, -0.05) is 58.5 Å². The van der Waals surface area contributed by atoms with Crippen molar-refractivity contribution < 1.29 is 19.0 Å². The maximum Gasteiger partial charge on any atom is 0.363 e. The third-order valence-electron chi connectivity index (χ3n) is 4.61. The largest absolute Gasteiger partial charge is 0.493 e. The first kappa shape index (κ1) is 23.5. The van der Waals surface area contributed by atoms with Crippen LogP contribution in [-0.2, 0) is 16.1 Å². The summed E-state index contributed by atoms with van der Waals surface area (Å²) in [5.41, 5.74) is 1.99. The smallest absolute Gasteiger partial charge is 0.363 e. The number of nitrogens with zero attached hydrogens (tertiary/aromatic N) is 1. The molecule has 0 amide bonds. The van der Waals surface area contributed by atoms with E-state index < -0.39 is 5.97 Å². The zero-order valence-electron chi connectivity index (χ0n) is 17.1. The van der Waals surface area contributed by atoms with Crippen molar-refractivity contribution in [1.29, 1.82) is 0 Å². The van der Waals surface area contributed by atoms with Crippen molar-refractivity contribution in [1.82, 2.24) is 0 Å². The van der Waals surface area contributed by atoms with Crippen molar-refractivity contribution in [2.24, 2.45) is 4.99 Å². The van der Waals surface area contributed by atoms with Crippen molar-refractivity contribution >= 4 is 64.3 Å². The average Bonchev–Trinajstić information content (AvgIpc) is 3.12. The summed E-state index contributed by atoms with van der Waals surface area (Å²) in [5.74, 6) is 0.236. The van der Waals surface area contributed by atoms with Crippen LogP contribution in [0.5, 0.6) is 11.5 Å². The van der Waals surface area contributed by atoms with Crippen molar-refractivity contribution in [3.63, 3.8) is 0 Å². The van der Waals surface area contributed by atoms with Crippen molar-refractivity contribution in [2.75, 3.05) is 7.11 Å². The fourth-order valence-corrected chi connectivity index (χ4v) is 4.07. The number of hydrogen-bond acceptors (Lipinski definition) is 5. The first-order chi connectivity index (χ1) is 15.8. The van der Waals surface area contributed by atoms with Gasteiger partial charge in [-0.05, 0) is 59.7 Å². The molecule has 0 bridgehead atoms. The molecule has 0 aromatic heterocycles. The van der Waals surface area contributed by atoms with Crippen LogP contribution in [0.3, 0.4) is 0 Å². The van der Waals surface area contributed by atoms with E-state index in [-0.39, 0.29) is 18.2 Å². The molecule has 0 unspecified atom stereocenters. The molecule has 0 spiro atoms. The van der Waals surface area contributed by atoms with Gasteiger partial charge in [0.25, 0.3) is 0 Å². The summed E-state index contributed by atoms with van der Waals surface area (Å²) >= 11 is 24.6. The van der Waals surface area contributed by atoms with E-state index >= 15 is 0 Å². The fraction of sp³-hybridized carbons (Fsp3) is 0.0833. The molecule has 1 heterocycles. The Morgan fingerprint density at radius 2 is 1.76 bits per heavy atom. The van der Waals surface area contributed by atoms with Crippen molar-refractivity contribution in [2.45, 2.75) is 6.61 Å². The molecule has 0 aliphatic carbocycles. The van der Waals surface area contributed by atoms with Crippen LogP contribution < -0.4 is 9.47 Å². The third kappa shape index (κ3) is 5.45. The quantitative estimate of drug-likeness (QED) is 0.253. The van der Waals surface area contributed by atoms with Gasteiger partial charge in [-0.25, -0.2) is 9.79 Å². The summed E-state index contributed by atoms with van der Waals surface area (Å²) < 4.78 is 16.6. The summed E-state index contributed by atoms with van der Waals surface area (Å²) in [4.78, 5) is 16.6. The summed E-state index contributed by atoms with van der Waals surface area (Å²) in [6, 6.07) is 15.4. The predicted molar refractivity (Wildman–Crippen MR) is 131 cm³/mol. The Balaban J connectivity index is 1.60. The zero-order valence-corrected chi connectivity index (χ0v) is 20.1. The lowest BCUT2D eigenvalue weighted by atomic mass is 10.1. The Morgan fingerprint density at radius 3 is 2.48 bits per heavy atom. The van der Waals surface area contributed by atoms with Gasteiger partial charge in [-0.2, -0.15) is 0 Å². The SMILES string of the molecule is COc1cc(/C=C2\N=C(c3ccc(Cl)cc3Cl)OC2=O)cc(Cl)c1OCc1cccc(Cl)c1. The summed E-state index contributed by atoms with van der Waals surface area (Å²) in [6.45, 7) is 0.249. The van der Waals surface area contributed by atoms with Gasteiger partial charge in [0.15, 0.2) is 17.2 Å². The maximum absolute atomic E-state index is 12.4. The van der Waals surface area contributed by atoms with Gasteiger partial charge in [-0.3, -0.25) is 0 Å². The van der Waals surface area contributed by atoms with E-state index in [1.165, 1.54) is 13.2 Å². The van der Waals surface area contributed by atoms with Crippen molar-refractivity contribution in [3.05, 3.63) is 97.1 Å². The second kappa shape index (κ2) is 10.1. The molecular weight excluding hydrogens is 508 g/mol. The number of carbonyl (C=O) groups excluding carboxylic acids is 1. The first-order valence-corrected chi connectivity index (χ1v) is 11.1. The van der Waals surface area contributed by atoms with Gasteiger partial charge in [0.2, 0.25) is 5.90 Å². The molecule has 0 saturated carbocycles. The Hall–Kier alpha value is -2.70. The molecule has 1 aliphatic rings. The van der Waals surface area contributed by atoms with E-state index in [4.69, 9.17) is 60.6 Å². The summed E-state index contributed by atoms with van der Waals surface area (Å²) in [6.07, 6.45) is 1.54. The van der Waals surface area contributed by atoms with Gasteiger partial charge in [0.05, 0.1) is 22.7 Å². The minimum Gasteiger partial charge on any atom is -0.493 e. The van der Waals surface area contributed by atoms with Crippen LogP contribution in [0.25, 0.3) is 6.08 Å². The van der Waals surface area contributed by atoms with Gasteiger partial charge in [0.1, 0.15) is 6.61 Å². The van der Waals surface area contributed by atoms with Gasteiger partial charge >= 0.3 is 5.97 Å². The molecule has 5 nitrogen and oxygen atoms in total. The summed E-state index contributed by atoms with van der Waals surface area (Å²) in [5, 5.41) is 1.70. The molecule has 33 heavy (non-hydrogen) atoms. The Morgan fingerprint density at radius 1 is 0.970 bits per heavy atom. The lowest BCUT2D eigenvalue weighted by Gasteiger charge is -2.13. The highest BCUT2D eigenvalue weighted by Crippen LogP contribution is 2.38. The monoisotopic (exact) mass is 521 g/mol. The average molecular weight is 523 g/mol. The van der Waals surface area contributed by atoms with E-state index in [1.54, 1.807) is 42.5 Å². The third-order valence-corrected chi connectivity index (χ3v) is 5.67. The number of aliphatic imine (C=N–C) groups is 1. The van der Waals surface area contributed by atoms with Gasteiger partial charge in [-0.15, -0.1) is 0 Å². The number of rotatable bonds is 6. The molecule has 0 fully saturated rings. The van der Waals surface area contributed by atoms with Crippen LogP contribution in [0.15, 0.2) is 65.3 Å². The second-order valence-corrected chi connectivity index (χ2v) is 8.60. The minimum absolute atomic E-state index is 0.0849. The van der Waals surface area contributed by atoms with E-state index in [9.17, 15) is 4.79 Å². The highest BCUT2D eigenvalue weighted by atomic mass is 35.5. The van der Waals surface area contributed by atoms with Crippen LogP contribution in [0.2, 0.25) is 20.1 Å². The zero-order chi connectivity index (χ0) is 23.5. The van der Waals surface area contributed by atoms with Crippen LogP contribution in [0.1, 0.15) is 16.7 Å². The number of halogens is 4. The van der Waals surface area contributed by atoms with Crippen molar-refractivity contribution in [3.8, 4) is 11.5 Å². The lowest BCUT2D eigenvalue weighted by molar-refractivity contribution is -0.129. The number of ether oxygens (including phenoxy) is 3. The highest BCUT2D eigenvalue weighted by molar-refractivity contribution is 6.37. The normalized spacial score (nSPS) is 14.3. The molecule has 0 atom stereocenters. The lowest BCUT2D eigenvalue weighted by Crippen LogP contribution is -2.05. The van der Waals surface area contributed by atoms with Crippen LogP contribution >= 0.6 is 46.4 Å². The van der Waals surface area contributed by atoms with Crippen LogP contribution in [-0.4, -0.2) is 19.0 Å². The predicted octanol–water partition coefficient (Wildman–Crippen LogP) is 7.23. The standard InChI is InChI=1S/C24H15Cl4NO4/c1-31-21-10-14(8-19(28)22(21)32-12-13-3-2-4-15(25)7-13)9-20-24(30)33-23(29-20)17-6-5-16(26)11-18(17)27/h2-11H,12H2,1H3/b20-9-. The number of methoxy groups -OCH3 is 1. The van der Waals surface area contributed by atoms with E-state index in [2.05, 4.69) is 4.99 Å². The molecular formula is C24H15Cl4NO4. The fourth-order valence-electron chi connectivity index (χ4n) is 3.09. The Bertz CT molecular complexity index is 1300. The molecule has 0 radical (unpaired) electrons. The number of carbonyl (C=O) groups is 1. The topological polar surface area (TPSA) is 57.1 Å². The first-order valence-electron chi connectivity index (χ1n) is 9.57. The maximum atomic E-state index is 12.4. The number of benzene rings is 3. The second-order valence-electron chi connectivity index (χ2n) is 6.91. The molecule has 4 rings (SSSR count). The number of hydrogen-bond donors (Lipinski definition) is 0. The molecule has 0 saturated heterocycles. The molecule has 3 aromatic rings. The highest BCUT2D eigenvalue weighted by Gasteiger charge is 2.26. The van der Waals surface area contributed by atoms with Gasteiger partial charge in [0, 0.05) is 10.0 Å². The molecule has 1 aliphatic heterocycles. The number of cyclic esters (lactones) is 1. The number of esters is 1. The van der Waals surface area contributed by atoms with Gasteiger partial charge < -0.3 is 14.2 Å². The molecule has 0 N–H and O–H groups in total. The minimum atomic E-state index is -0.618. The van der Waals surface area contributed by atoms with E-state index in [0.717, 1.165) is 5.56 Å². The molecule has 3 aromatic carbocycles. The molecule has 9 heteroatoms. The Kier molecular flexibility index (Phi) is 7.15.